The summed E-state index contributed by atoms with van der Waals surface area (Å²) < 4.78 is 9.19. The number of methoxy groups -OCH3 is 2. The molecule has 0 aliphatic carbocycles. The predicted molar refractivity (Wildman–Crippen MR) is 119 cm³/mol. The maximum Gasteiger partial charge on any atom is 0.337 e. The number of Topliss-reactive ketones (excluding diaryl/α,β-unsaturated/α-hetero) is 4. The van der Waals surface area contributed by atoms with Gasteiger partial charge in [0.2, 0.25) is 23.1 Å². The van der Waals surface area contributed by atoms with Crippen molar-refractivity contribution in [1.82, 2.24) is 0 Å². The van der Waals surface area contributed by atoms with Crippen molar-refractivity contribution in [2.75, 3.05) is 14.2 Å². The molecule has 0 aliphatic rings. The Morgan fingerprint density at radius 1 is 0.441 bits per heavy atom. The summed E-state index contributed by atoms with van der Waals surface area (Å²) in [5.41, 5.74) is -0.0470. The van der Waals surface area contributed by atoms with Crippen molar-refractivity contribution in [3.05, 3.63) is 106 Å². The van der Waals surface area contributed by atoms with Gasteiger partial charge in [-0.05, 0) is 24.3 Å². The molecule has 0 radical (unpaired) electrons. The van der Waals surface area contributed by atoms with Crippen LogP contribution in [0.5, 0.6) is 0 Å². The van der Waals surface area contributed by atoms with E-state index < -0.39 is 35.1 Å². The molecule has 0 bridgehead atoms. The number of rotatable bonds is 8. The first-order valence-electron chi connectivity index (χ1n) is 9.92. The van der Waals surface area contributed by atoms with E-state index in [2.05, 4.69) is 9.47 Å². The number of ether oxygens (including phenoxy) is 2. The van der Waals surface area contributed by atoms with Gasteiger partial charge in [-0.3, -0.25) is 19.2 Å². The molecule has 0 aromatic heterocycles. The third-order valence-electron chi connectivity index (χ3n) is 4.97. The van der Waals surface area contributed by atoms with E-state index in [1.165, 1.54) is 87.0 Å². The number of hydrogen-bond acceptors (Lipinski definition) is 8. The molecule has 0 saturated heterocycles. The minimum Gasteiger partial charge on any atom is -0.465 e. The molecule has 3 rings (SSSR count). The van der Waals surface area contributed by atoms with Crippen LogP contribution in [0, 0.1) is 0 Å². The average molecular weight is 458 g/mol. The standard InChI is InChI=1S/C26H18O8/c1-33-25(31)17-11-7-15(8-12-17)21(27)23(29)19-5-3-4-6-20(19)24(30)22(28)16-9-13-18(14-10-16)26(32)34-2/h3-14H,1-2H3. The Balaban J connectivity index is 1.87. The lowest BCUT2D eigenvalue weighted by molar-refractivity contribution is 0.0592. The first-order chi connectivity index (χ1) is 16.3. The smallest absolute Gasteiger partial charge is 0.337 e. The summed E-state index contributed by atoms with van der Waals surface area (Å²) in [7, 11) is 2.43. The lowest BCUT2D eigenvalue weighted by Gasteiger charge is -2.08. The van der Waals surface area contributed by atoms with Crippen LogP contribution in [-0.4, -0.2) is 49.3 Å². The van der Waals surface area contributed by atoms with Gasteiger partial charge in [-0.1, -0.05) is 48.5 Å². The Kier molecular flexibility index (Phi) is 7.23. The highest BCUT2D eigenvalue weighted by Gasteiger charge is 2.27. The molecule has 0 heterocycles. The summed E-state index contributed by atoms with van der Waals surface area (Å²) in [4.78, 5) is 74.4. The maximum atomic E-state index is 12.9. The highest BCUT2D eigenvalue weighted by Crippen LogP contribution is 2.17. The topological polar surface area (TPSA) is 121 Å². The molecule has 0 spiro atoms. The minimum absolute atomic E-state index is 0.00429. The van der Waals surface area contributed by atoms with Crippen LogP contribution in [0.15, 0.2) is 72.8 Å². The molecule has 0 amide bonds. The number of benzene rings is 3. The second kappa shape index (κ2) is 10.3. The van der Waals surface area contributed by atoms with Crippen molar-refractivity contribution in [3.8, 4) is 0 Å². The zero-order chi connectivity index (χ0) is 24.8. The highest BCUT2D eigenvalue weighted by molar-refractivity contribution is 6.54. The lowest BCUT2D eigenvalue weighted by Crippen LogP contribution is -2.22. The quantitative estimate of drug-likeness (QED) is 0.286. The summed E-state index contributed by atoms with van der Waals surface area (Å²) in [5, 5.41) is 0. The van der Waals surface area contributed by atoms with Crippen molar-refractivity contribution >= 4 is 35.1 Å². The highest BCUT2D eigenvalue weighted by atomic mass is 16.5. The summed E-state index contributed by atoms with van der Waals surface area (Å²) in [6, 6.07) is 16.0. The Morgan fingerprint density at radius 2 is 0.735 bits per heavy atom. The molecule has 8 heteroatoms. The predicted octanol–water partition coefficient (Wildman–Crippen LogP) is 3.39. The third kappa shape index (κ3) is 4.86. The number of carbonyl (C=O) groups is 6. The fourth-order valence-corrected chi connectivity index (χ4v) is 3.14. The van der Waals surface area contributed by atoms with Gasteiger partial charge in [0.15, 0.2) is 0 Å². The van der Waals surface area contributed by atoms with E-state index in [1.807, 2.05) is 0 Å². The van der Waals surface area contributed by atoms with E-state index >= 15 is 0 Å². The SMILES string of the molecule is COC(=O)c1ccc(C(=O)C(=O)c2ccccc2C(=O)C(=O)c2ccc(C(=O)OC)cc2)cc1. The molecule has 0 N–H and O–H groups in total. The van der Waals surface area contributed by atoms with E-state index in [1.54, 1.807) is 0 Å². The van der Waals surface area contributed by atoms with Gasteiger partial charge < -0.3 is 9.47 Å². The van der Waals surface area contributed by atoms with Gasteiger partial charge in [-0.15, -0.1) is 0 Å². The molecule has 0 aliphatic heterocycles. The largest absolute Gasteiger partial charge is 0.465 e. The molecule has 3 aromatic rings. The molecule has 170 valence electrons. The molecule has 0 atom stereocenters. The van der Waals surface area contributed by atoms with Gasteiger partial charge in [-0.25, -0.2) is 9.59 Å². The normalized spacial score (nSPS) is 10.2. The molecular formula is C26H18O8. The van der Waals surface area contributed by atoms with Gasteiger partial charge in [0.1, 0.15) is 0 Å². The number of ketones is 4. The van der Waals surface area contributed by atoms with Crippen LogP contribution < -0.4 is 0 Å². The van der Waals surface area contributed by atoms with E-state index in [0.717, 1.165) is 0 Å². The molecular weight excluding hydrogens is 440 g/mol. The monoisotopic (exact) mass is 458 g/mol. The first kappa shape index (κ1) is 23.9. The Labute approximate surface area is 194 Å². The van der Waals surface area contributed by atoms with E-state index in [4.69, 9.17) is 0 Å². The molecule has 0 unspecified atom stereocenters. The number of esters is 2. The first-order valence-corrected chi connectivity index (χ1v) is 9.92. The zero-order valence-electron chi connectivity index (χ0n) is 18.2. The minimum atomic E-state index is -0.983. The molecule has 8 nitrogen and oxygen atoms in total. The van der Waals surface area contributed by atoms with Crippen molar-refractivity contribution in [2.45, 2.75) is 0 Å². The van der Waals surface area contributed by atoms with Gasteiger partial charge in [-0.2, -0.15) is 0 Å². The van der Waals surface area contributed by atoms with E-state index in [-0.39, 0.29) is 33.4 Å². The Morgan fingerprint density at radius 3 is 1.03 bits per heavy atom. The zero-order valence-corrected chi connectivity index (χ0v) is 18.2. The van der Waals surface area contributed by atoms with Gasteiger partial charge in [0.05, 0.1) is 25.3 Å². The Bertz CT molecular complexity index is 1200. The molecule has 3 aromatic carbocycles. The maximum absolute atomic E-state index is 12.9. The van der Waals surface area contributed by atoms with E-state index in [9.17, 15) is 28.8 Å². The van der Waals surface area contributed by atoms with Crippen LogP contribution in [0.2, 0.25) is 0 Å². The lowest BCUT2D eigenvalue weighted by atomic mass is 9.92. The van der Waals surface area contributed by atoms with Crippen LogP contribution in [0.25, 0.3) is 0 Å². The summed E-state index contributed by atoms with van der Waals surface area (Å²) >= 11 is 0. The summed E-state index contributed by atoms with van der Waals surface area (Å²) in [6.45, 7) is 0. The number of carbonyl (C=O) groups excluding carboxylic acids is 6. The van der Waals surface area contributed by atoms with Gasteiger partial charge in [0, 0.05) is 22.3 Å². The van der Waals surface area contributed by atoms with Crippen LogP contribution in [0.1, 0.15) is 62.1 Å². The van der Waals surface area contributed by atoms with Crippen LogP contribution in [0.4, 0.5) is 0 Å². The summed E-state index contributed by atoms with van der Waals surface area (Å²) in [6.07, 6.45) is 0. The van der Waals surface area contributed by atoms with Gasteiger partial charge >= 0.3 is 11.9 Å². The average Bonchev–Trinajstić information content (AvgIpc) is 2.90. The Hall–Kier alpha value is -4.72. The second-order valence-electron chi connectivity index (χ2n) is 7.00. The third-order valence-corrected chi connectivity index (χ3v) is 4.97. The number of hydrogen-bond donors (Lipinski definition) is 0. The van der Waals surface area contributed by atoms with Crippen molar-refractivity contribution in [1.29, 1.82) is 0 Å². The molecule has 0 saturated carbocycles. The fraction of sp³-hybridized carbons (Fsp3) is 0.0769. The molecule has 0 fully saturated rings. The van der Waals surface area contributed by atoms with Crippen LogP contribution in [0.3, 0.4) is 0 Å². The van der Waals surface area contributed by atoms with Crippen molar-refractivity contribution in [3.63, 3.8) is 0 Å². The van der Waals surface area contributed by atoms with E-state index in [0.29, 0.717) is 0 Å². The van der Waals surface area contributed by atoms with Crippen molar-refractivity contribution in [2.24, 2.45) is 0 Å². The fourth-order valence-electron chi connectivity index (χ4n) is 3.14. The molecule has 34 heavy (non-hydrogen) atoms. The van der Waals surface area contributed by atoms with Crippen molar-refractivity contribution < 1.29 is 38.2 Å². The second-order valence-corrected chi connectivity index (χ2v) is 7.00. The van der Waals surface area contributed by atoms with Gasteiger partial charge in [0.25, 0.3) is 0 Å². The summed E-state index contributed by atoms with van der Waals surface area (Å²) in [5.74, 6) is -4.98. The van der Waals surface area contributed by atoms with Crippen LogP contribution >= 0.6 is 0 Å². The van der Waals surface area contributed by atoms with Crippen LogP contribution in [-0.2, 0) is 9.47 Å².